The Morgan fingerprint density at radius 1 is 1.06 bits per heavy atom. The van der Waals surface area contributed by atoms with Gasteiger partial charge in [-0.05, 0) is 49.0 Å². The summed E-state index contributed by atoms with van der Waals surface area (Å²) in [4.78, 5) is 0. The van der Waals surface area contributed by atoms with Crippen molar-refractivity contribution in [3.63, 3.8) is 0 Å². The third-order valence-corrected chi connectivity index (χ3v) is 3.34. The molecule has 0 aliphatic carbocycles. The summed E-state index contributed by atoms with van der Waals surface area (Å²) in [5.41, 5.74) is 4.34. The molecule has 18 heavy (non-hydrogen) atoms. The normalized spacial score (nSPS) is 11.2. The highest BCUT2D eigenvalue weighted by molar-refractivity contribution is 5.32. The van der Waals surface area contributed by atoms with Crippen molar-refractivity contribution in [2.75, 3.05) is 26.2 Å². The molecule has 0 unspecified atom stereocenters. The smallest absolute Gasteiger partial charge is 0.00768 e. The molecule has 2 nitrogen and oxygen atoms in total. The summed E-state index contributed by atoms with van der Waals surface area (Å²) in [6, 6.07) is 6.87. The van der Waals surface area contributed by atoms with E-state index in [1.807, 2.05) is 0 Å². The second kappa shape index (κ2) is 8.28. The molecular formula is C16H28N2. The molecular weight excluding hydrogens is 220 g/mol. The molecule has 0 aromatic heterocycles. The fraction of sp³-hybridized carbons (Fsp3) is 0.625. The number of aryl methyl sites for hydroxylation is 1. The fourth-order valence-corrected chi connectivity index (χ4v) is 2.02. The number of benzene rings is 1. The summed E-state index contributed by atoms with van der Waals surface area (Å²) in [5, 5.41) is 6.80. The van der Waals surface area contributed by atoms with Crippen LogP contribution in [0.3, 0.4) is 0 Å². The number of hydrogen-bond acceptors (Lipinski definition) is 2. The molecule has 102 valence electrons. The van der Waals surface area contributed by atoms with Gasteiger partial charge in [0.15, 0.2) is 0 Å². The van der Waals surface area contributed by atoms with Gasteiger partial charge >= 0.3 is 0 Å². The van der Waals surface area contributed by atoms with Crippen LogP contribution in [-0.2, 0) is 6.42 Å². The fourth-order valence-electron chi connectivity index (χ4n) is 2.02. The van der Waals surface area contributed by atoms with Gasteiger partial charge in [0.1, 0.15) is 0 Å². The Morgan fingerprint density at radius 3 is 2.44 bits per heavy atom. The van der Waals surface area contributed by atoms with E-state index in [0.29, 0.717) is 5.92 Å². The Hall–Kier alpha value is -0.860. The molecule has 0 saturated heterocycles. The first-order valence-electron chi connectivity index (χ1n) is 7.16. The van der Waals surface area contributed by atoms with Crippen LogP contribution < -0.4 is 10.6 Å². The maximum absolute atomic E-state index is 3.48. The van der Waals surface area contributed by atoms with Crippen molar-refractivity contribution >= 4 is 0 Å². The third-order valence-electron chi connectivity index (χ3n) is 3.34. The quantitative estimate of drug-likeness (QED) is 0.691. The topological polar surface area (TPSA) is 24.1 Å². The lowest BCUT2D eigenvalue weighted by Crippen LogP contribution is -2.28. The van der Waals surface area contributed by atoms with Crippen molar-refractivity contribution in [3.05, 3.63) is 34.9 Å². The predicted octanol–water partition coefficient (Wildman–Crippen LogP) is 2.86. The summed E-state index contributed by atoms with van der Waals surface area (Å²) in [6.07, 6.45) is 1.12. The van der Waals surface area contributed by atoms with Crippen LogP contribution in [0.25, 0.3) is 0 Å². The van der Waals surface area contributed by atoms with Crippen LogP contribution in [0.5, 0.6) is 0 Å². The lowest BCUT2D eigenvalue weighted by molar-refractivity contribution is 0.624. The van der Waals surface area contributed by atoms with Gasteiger partial charge in [-0.2, -0.15) is 0 Å². The highest BCUT2D eigenvalue weighted by atomic mass is 14.9. The number of rotatable bonds is 8. The van der Waals surface area contributed by atoms with Crippen molar-refractivity contribution in [1.29, 1.82) is 0 Å². The summed E-state index contributed by atoms with van der Waals surface area (Å²) >= 11 is 0. The molecule has 0 atom stereocenters. The van der Waals surface area contributed by atoms with E-state index in [1.54, 1.807) is 0 Å². The van der Waals surface area contributed by atoms with Crippen molar-refractivity contribution < 1.29 is 0 Å². The zero-order valence-corrected chi connectivity index (χ0v) is 12.3. The van der Waals surface area contributed by atoms with E-state index >= 15 is 0 Å². The molecule has 1 aromatic rings. The van der Waals surface area contributed by atoms with E-state index in [2.05, 4.69) is 56.5 Å². The zero-order chi connectivity index (χ0) is 13.4. The van der Waals surface area contributed by atoms with Crippen LogP contribution in [-0.4, -0.2) is 26.2 Å². The molecule has 0 radical (unpaired) electrons. The Labute approximate surface area is 112 Å². The summed E-state index contributed by atoms with van der Waals surface area (Å²) in [6.45, 7) is 13.1. The Morgan fingerprint density at radius 2 is 1.78 bits per heavy atom. The number of nitrogens with one attached hydrogen (secondary N) is 2. The van der Waals surface area contributed by atoms with Gasteiger partial charge in [-0.25, -0.2) is 0 Å². The average molecular weight is 248 g/mol. The minimum atomic E-state index is 0.617. The van der Waals surface area contributed by atoms with Gasteiger partial charge in [0.2, 0.25) is 0 Å². The van der Waals surface area contributed by atoms with Crippen molar-refractivity contribution in [2.45, 2.75) is 40.0 Å². The van der Waals surface area contributed by atoms with Gasteiger partial charge in [-0.1, -0.05) is 39.0 Å². The van der Waals surface area contributed by atoms with Crippen molar-refractivity contribution in [3.8, 4) is 0 Å². The van der Waals surface area contributed by atoms with E-state index in [-0.39, 0.29) is 0 Å². The molecule has 0 aliphatic heterocycles. The van der Waals surface area contributed by atoms with Gasteiger partial charge in [-0.3, -0.25) is 0 Å². The molecule has 0 saturated carbocycles. The van der Waals surface area contributed by atoms with E-state index in [9.17, 15) is 0 Å². The average Bonchev–Trinajstić information content (AvgIpc) is 2.35. The second-order valence-electron chi connectivity index (χ2n) is 5.19. The SMILES string of the molecule is CCNCCNCCc1cc(C(C)C)ccc1C. The van der Waals surface area contributed by atoms with Crippen LogP contribution in [0.2, 0.25) is 0 Å². The van der Waals surface area contributed by atoms with Crippen molar-refractivity contribution in [1.82, 2.24) is 10.6 Å². The van der Waals surface area contributed by atoms with Gasteiger partial charge in [0.25, 0.3) is 0 Å². The highest BCUT2D eigenvalue weighted by Gasteiger charge is 2.03. The standard InChI is InChI=1S/C16H28N2/c1-5-17-10-11-18-9-8-16-12-15(13(2)3)7-6-14(16)4/h6-7,12-13,17-18H,5,8-11H2,1-4H3. The molecule has 0 spiro atoms. The van der Waals surface area contributed by atoms with Crippen LogP contribution in [0.1, 0.15) is 43.4 Å². The molecule has 0 bridgehead atoms. The first-order valence-corrected chi connectivity index (χ1v) is 7.16. The molecule has 2 N–H and O–H groups in total. The maximum Gasteiger partial charge on any atom is 0.00768 e. The highest BCUT2D eigenvalue weighted by Crippen LogP contribution is 2.18. The lowest BCUT2D eigenvalue weighted by Gasteiger charge is -2.12. The van der Waals surface area contributed by atoms with Gasteiger partial charge in [0.05, 0.1) is 0 Å². The van der Waals surface area contributed by atoms with Gasteiger partial charge in [0, 0.05) is 13.1 Å². The molecule has 0 heterocycles. The molecule has 1 rings (SSSR count). The Bertz CT molecular complexity index is 345. The largest absolute Gasteiger partial charge is 0.316 e. The first kappa shape index (κ1) is 15.2. The summed E-state index contributed by atoms with van der Waals surface area (Å²) in [5.74, 6) is 0.617. The van der Waals surface area contributed by atoms with E-state index in [1.165, 1.54) is 16.7 Å². The number of hydrogen-bond donors (Lipinski definition) is 2. The minimum absolute atomic E-state index is 0.617. The van der Waals surface area contributed by atoms with E-state index in [0.717, 1.165) is 32.6 Å². The summed E-state index contributed by atoms with van der Waals surface area (Å²) < 4.78 is 0. The minimum Gasteiger partial charge on any atom is -0.316 e. The Kier molecular flexibility index (Phi) is 6.99. The Balaban J connectivity index is 2.39. The summed E-state index contributed by atoms with van der Waals surface area (Å²) in [7, 11) is 0. The second-order valence-corrected chi connectivity index (χ2v) is 5.19. The lowest BCUT2D eigenvalue weighted by atomic mass is 9.96. The van der Waals surface area contributed by atoms with Crippen LogP contribution in [0.15, 0.2) is 18.2 Å². The van der Waals surface area contributed by atoms with Crippen LogP contribution in [0.4, 0.5) is 0 Å². The van der Waals surface area contributed by atoms with Crippen LogP contribution >= 0.6 is 0 Å². The first-order chi connectivity index (χ1) is 8.65. The third kappa shape index (κ3) is 5.19. The predicted molar refractivity (Wildman–Crippen MR) is 80.4 cm³/mol. The van der Waals surface area contributed by atoms with Gasteiger partial charge in [-0.15, -0.1) is 0 Å². The molecule has 0 aliphatic rings. The molecule has 1 aromatic carbocycles. The number of likely N-dealkylation sites (N-methyl/N-ethyl adjacent to an activating group) is 1. The maximum atomic E-state index is 3.48. The van der Waals surface area contributed by atoms with Gasteiger partial charge < -0.3 is 10.6 Å². The molecule has 2 heteroatoms. The van der Waals surface area contributed by atoms with Crippen molar-refractivity contribution in [2.24, 2.45) is 0 Å². The zero-order valence-electron chi connectivity index (χ0n) is 12.3. The van der Waals surface area contributed by atoms with E-state index < -0.39 is 0 Å². The monoisotopic (exact) mass is 248 g/mol. The molecule has 0 amide bonds. The van der Waals surface area contributed by atoms with E-state index in [4.69, 9.17) is 0 Å². The molecule has 0 fully saturated rings. The van der Waals surface area contributed by atoms with Crippen LogP contribution in [0, 0.1) is 6.92 Å².